The van der Waals surface area contributed by atoms with Gasteiger partial charge in [-0.1, -0.05) is 128 Å². The molecule has 1 saturated carbocycles. The molecule has 0 radical (unpaired) electrons. The van der Waals surface area contributed by atoms with E-state index in [9.17, 15) is 113 Å². The molecule has 0 unspecified atom stereocenters. The molecule has 4 aliphatic rings. The summed E-state index contributed by atoms with van der Waals surface area (Å²) in [6, 6.07) is 1.92. The van der Waals surface area contributed by atoms with Gasteiger partial charge in [-0.15, -0.1) is 0 Å². The van der Waals surface area contributed by atoms with Crippen LogP contribution in [0.5, 0.6) is 0 Å². The summed E-state index contributed by atoms with van der Waals surface area (Å²) in [5, 5.41) is 117. The number of amides is 6. The minimum absolute atomic E-state index is 0.0113. The van der Waals surface area contributed by atoms with Crippen LogP contribution in [0, 0.1) is 65.6 Å². The van der Waals surface area contributed by atoms with Crippen molar-refractivity contribution in [1.29, 1.82) is 5.41 Å². The van der Waals surface area contributed by atoms with Crippen molar-refractivity contribution in [1.82, 2.24) is 51.4 Å². The molecule has 1 aliphatic carbocycles. The number of aliphatic carboxylic acids is 2. The predicted octanol–water partition coefficient (Wildman–Crippen LogP) is 6.56. The number of carbonyl (C=O) groups excluding carboxylic acids is 13. The highest BCUT2D eigenvalue weighted by Crippen LogP contribution is 2.40. The maximum atomic E-state index is 14.8. The molecule has 2 bridgehead atoms. The number of esters is 2. The Hall–Kier alpha value is -9.99. The van der Waals surface area contributed by atoms with Crippen molar-refractivity contribution in [2.45, 2.75) is 289 Å². The van der Waals surface area contributed by atoms with E-state index in [2.05, 4.69) is 58.8 Å². The molecular weight excluding hydrogens is 2030 g/mol. The molecule has 3 aromatic rings. The number of nitrogens with one attached hydrogen (secondary N) is 8. The molecule has 3 aliphatic heterocycles. The summed E-state index contributed by atoms with van der Waals surface area (Å²) in [6.07, 6.45) is 2.66. The number of ether oxygens (including phenoxy) is 7. The minimum atomic E-state index is -2.51. The fourth-order valence-corrected chi connectivity index (χ4v) is 22.1. The second-order valence-corrected chi connectivity index (χ2v) is 44.5. The van der Waals surface area contributed by atoms with Crippen LogP contribution in [0.1, 0.15) is 213 Å². The average Bonchev–Trinajstić information content (AvgIpc) is 0.775. The van der Waals surface area contributed by atoms with E-state index in [1.165, 1.54) is 54.0 Å². The van der Waals surface area contributed by atoms with Crippen LogP contribution in [-0.2, 0) is 102 Å². The number of ketones is 5. The highest BCUT2D eigenvalue weighted by atomic mass is 33.1. The number of hydrogen-bond donors (Lipinski definition) is 17. The molecule has 2 saturated heterocycles. The molecule has 834 valence electrons. The molecule has 43 nitrogen and oxygen atoms in total. The van der Waals surface area contributed by atoms with Crippen LogP contribution < -0.4 is 37.4 Å². The fraction of sp³-hybridized carbons (Fsp3) is 0.660. The number of piperidine rings is 1. The van der Waals surface area contributed by atoms with Crippen LogP contribution in [0.4, 0.5) is 10.5 Å². The summed E-state index contributed by atoms with van der Waals surface area (Å²) >= 11 is 0. The molecular formula is C103H152N12O31S4. The Balaban J connectivity index is 0.843. The highest BCUT2D eigenvalue weighted by molar-refractivity contribution is 8.77. The third-order valence-electron chi connectivity index (χ3n) is 27.1. The number of carboxylic acid groups (broad SMARTS) is 2. The SMILES string of the molecule is CO[C@H]1C[C@@H]2CC[C@@H](C)[C@@](O)(O2)C(=O)C(=O)N2CCCC[C@H]2C(=O)O[C@H]([C@H](C)C[C@@H]2CC[C@@H](OCCOC(=O)CCCSSCCC(=O)NC[C@H](NC(=O)[C@@H](C)CCC(=O)NC[C@H](O)[C@@H](O)[C@H](O)[C@H](O)CO)C(=O)C[C@@H](CSSCCOC(=O)NCC(=O)CC[C@H](NC(=O)c3ccc(NCc4cnc5nc(C)[nH]c(=N)c5n4)cc3)C(=O)O)C(=O)O)[C@H](C)C2)CC(=O)[C@H](C)/C=C(\C)[C@@H](O)[C@@H](OC)C(=O)[C@H](C)C[C@H](C)/C=C/C=C/C=C/1C. The third kappa shape index (κ3) is 41.8. The topological polar surface area (TPSA) is 656 Å². The molecule has 1 aromatic carbocycles. The van der Waals surface area contributed by atoms with Crippen LogP contribution in [-0.4, -0.2) is 334 Å². The Morgan fingerprint density at radius 1 is 0.720 bits per heavy atom. The monoisotopic (exact) mass is 2180 g/mol. The number of nitrogens with zero attached hydrogens (tertiary/aromatic N) is 4. The van der Waals surface area contributed by atoms with Gasteiger partial charge in [-0.05, 0) is 163 Å². The minimum Gasteiger partial charge on any atom is -0.481 e. The Kier molecular flexibility index (Phi) is 54.9. The van der Waals surface area contributed by atoms with Gasteiger partial charge in [0.1, 0.15) is 79.6 Å². The number of aromatic amines is 1. The van der Waals surface area contributed by atoms with Crippen molar-refractivity contribution in [2.75, 3.05) is 95.2 Å². The molecule has 7 rings (SSSR count). The first-order valence-electron chi connectivity index (χ1n) is 51.0. The summed E-state index contributed by atoms with van der Waals surface area (Å²) in [5.74, 6) is -17.2. The summed E-state index contributed by atoms with van der Waals surface area (Å²) in [7, 11) is 7.73. The standard InChI is InChI=1S/C103H152N12O31S4/c1-57-19-14-13-15-20-58(2)82(140-11)48-73-31-24-65(9)103(139,146-73)93(129)98(132)115-36-17-16-21-76(115)101(137)145-83(49-77(118)60(4)44-64(8)89(126)92(141-12)88(125)63(7)43-57)62(6)46-67-25-33-81(61(5)45-67)142-37-38-143-86(124)22-18-40-147-148-41-35-85(123)106-53-75(114-96(130)59(3)23-34-84(122)107-54-79(120)90(127)91(128)80(121)55-116)78(119)47-69(99(133)134)56-150-149-42-39-144-102(138)109-52-72(117)30-32-74(100(135)136)113-97(131)68-26-28-70(29-27-68)105-50-71-51-108-95-87(112-71)94(104)110-66(10)111-95/h13-15,19-20,26-29,44,51,57,59-63,65,67,69,73-76,79-83,89-92,105,116,120-121,126-128,139H,16-18,21-25,30-43,45-50,52-56H2,1-12H3,(H,106,123)(H,107,122)(H,109,138)(H,113,131)(H,114,130)(H,133,134)(H,135,136)(H2,104,108,110,111)/b15-13+,19-14+,58-20+,64-44+/t57-,59+,60-,61-,62-,63-,65-,67-,69+,73+,74+,75+,76+,79+,80-,81-,82+,83+,89-,90-,91-,92+,103-/m1/s1. The van der Waals surface area contributed by atoms with Crippen molar-refractivity contribution in [3.05, 3.63) is 101 Å². The van der Waals surface area contributed by atoms with Crippen molar-refractivity contribution in [2.24, 2.45) is 53.3 Å². The lowest BCUT2D eigenvalue weighted by Gasteiger charge is -2.42. The number of aliphatic hydroxyl groups excluding tert-OH is 6. The number of rotatable bonds is 51. The van der Waals surface area contributed by atoms with E-state index in [1.54, 1.807) is 59.9 Å². The summed E-state index contributed by atoms with van der Waals surface area (Å²) in [5.41, 5.74) is 3.05. The van der Waals surface area contributed by atoms with Crippen LogP contribution >= 0.6 is 43.2 Å². The van der Waals surface area contributed by atoms with Crippen LogP contribution in [0.2, 0.25) is 0 Å². The zero-order valence-corrected chi connectivity index (χ0v) is 90.6. The third-order valence-corrected chi connectivity index (χ3v) is 32.1. The predicted molar refractivity (Wildman–Crippen MR) is 559 cm³/mol. The highest BCUT2D eigenvalue weighted by Gasteiger charge is 2.54. The number of fused-ring (bicyclic) bond motifs is 4. The Morgan fingerprint density at radius 2 is 1.43 bits per heavy atom. The molecule has 47 heteroatoms. The number of anilines is 1. The first-order valence-corrected chi connectivity index (χ1v) is 56.0. The quantitative estimate of drug-likeness (QED) is 0.00710. The molecule has 0 spiro atoms. The first-order chi connectivity index (χ1) is 71.2. The number of Topliss-reactive ketones (excluding diaryl/α,β-unsaturated/α-hetero) is 5. The summed E-state index contributed by atoms with van der Waals surface area (Å²) in [6.45, 7) is 15.2. The van der Waals surface area contributed by atoms with Crippen LogP contribution in [0.15, 0.2) is 78.1 Å². The van der Waals surface area contributed by atoms with Gasteiger partial charge in [0.05, 0.1) is 68.5 Å². The number of aromatic nitrogens is 4. The van der Waals surface area contributed by atoms with E-state index >= 15 is 0 Å². The molecule has 2 aromatic heterocycles. The second-order valence-electron chi connectivity index (χ2n) is 39.2. The van der Waals surface area contributed by atoms with E-state index < -0.39 is 224 Å². The van der Waals surface area contributed by atoms with Gasteiger partial charge in [-0.2, -0.15) is 0 Å². The van der Waals surface area contributed by atoms with Crippen molar-refractivity contribution in [3.63, 3.8) is 0 Å². The smallest absolute Gasteiger partial charge is 0.407 e. The van der Waals surface area contributed by atoms with Gasteiger partial charge in [0, 0.05) is 137 Å². The van der Waals surface area contributed by atoms with Crippen molar-refractivity contribution >= 4 is 148 Å². The second kappa shape index (κ2) is 64.9. The van der Waals surface area contributed by atoms with Gasteiger partial charge in [0.25, 0.3) is 17.6 Å². The van der Waals surface area contributed by atoms with Gasteiger partial charge >= 0.3 is 30.0 Å². The number of cyclic esters (lactones) is 1. The van der Waals surface area contributed by atoms with Gasteiger partial charge < -0.3 is 121 Å². The molecule has 6 amide bonds. The van der Waals surface area contributed by atoms with Crippen LogP contribution in [0.3, 0.4) is 0 Å². The number of aliphatic hydroxyl groups is 7. The Morgan fingerprint density at radius 3 is 2.13 bits per heavy atom. The molecule has 23 atom stereocenters. The van der Waals surface area contributed by atoms with Gasteiger partial charge in [-0.3, -0.25) is 62.9 Å². The van der Waals surface area contributed by atoms with E-state index in [0.717, 1.165) is 32.1 Å². The zero-order chi connectivity index (χ0) is 111. The molecule has 150 heavy (non-hydrogen) atoms. The maximum Gasteiger partial charge on any atom is 0.407 e. The largest absolute Gasteiger partial charge is 0.481 e. The number of methoxy groups -OCH3 is 2. The van der Waals surface area contributed by atoms with E-state index in [-0.39, 0.29) is 160 Å². The molecule has 3 fully saturated rings. The van der Waals surface area contributed by atoms with E-state index in [4.69, 9.17) is 43.7 Å². The molecule has 17 N–H and O–H groups in total. The van der Waals surface area contributed by atoms with E-state index in [1.807, 2.05) is 51.2 Å². The number of H-pyrrole nitrogens is 1. The number of allylic oxidation sites excluding steroid dienone is 6. The van der Waals surface area contributed by atoms with Gasteiger partial charge in [0.15, 0.2) is 34.0 Å². The number of carboxylic acids is 2. The normalized spacial score (nSPS) is 25.6. The first kappa shape index (κ1) is 127. The van der Waals surface area contributed by atoms with Crippen molar-refractivity contribution in [3.8, 4) is 0 Å². The van der Waals surface area contributed by atoms with Crippen molar-refractivity contribution < 1.29 is 151 Å². The number of aryl methyl sites for hydroxylation is 1. The lowest BCUT2D eigenvalue weighted by atomic mass is 9.75. The van der Waals surface area contributed by atoms with E-state index in [0.29, 0.717) is 98.4 Å². The Labute approximate surface area is 889 Å². The fourth-order valence-electron chi connectivity index (χ4n) is 17.9. The van der Waals surface area contributed by atoms with Gasteiger partial charge in [0.2, 0.25) is 23.5 Å². The summed E-state index contributed by atoms with van der Waals surface area (Å²) in [4.78, 5) is 219. The zero-order valence-electron chi connectivity index (χ0n) is 87.3. The van der Waals surface area contributed by atoms with Crippen LogP contribution in [0.25, 0.3) is 11.2 Å². The average molecular weight is 2180 g/mol. The number of carbonyl (C=O) groups is 15. The van der Waals surface area contributed by atoms with Gasteiger partial charge in [-0.25, -0.2) is 29.3 Å². The Bertz CT molecular complexity index is 5190. The maximum absolute atomic E-state index is 14.8. The number of alkyl carbamates (subject to hydrolysis) is 1. The number of benzene rings is 1. The number of hydrogen-bond acceptors (Lipinski definition) is 38. The summed E-state index contributed by atoms with van der Waals surface area (Å²) < 4.78 is 41.1. The lowest BCUT2D eigenvalue weighted by Crippen LogP contribution is -2.61. The molecule has 5 heterocycles. The lowest BCUT2D eigenvalue weighted by molar-refractivity contribution is -0.265.